The summed E-state index contributed by atoms with van der Waals surface area (Å²) in [4.78, 5) is 92.8. The summed E-state index contributed by atoms with van der Waals surface area (Å²) in [5, 5.41) is 11.4. The number of likely N-dealkylation sites (N-methyl/N-ethyl adjacent to an activating group) is 1. The Morgan fingerprint density at radius 1 is 0.938 bits per heavy atom. The van der Waals surface area contributed by atoms with Gasteiger partial charge in [0.15, 0.2) is 0 Å². The Morgan fingerprint density at radius 2 is 1.60 bits per heavy atom. The maximum absolute atomic E-state index is 14.5. The average Bonchev–Trinajstić information content (AvgIpc) is 3.75. The number of benzene rings is 1. The molecule has 3 rings (SSSR count). The van der Waals surface area contributed by atoms with E-state index in [4.69, 9.17) is 18.9 Å². The van der Waals surface area contributed by atoms with Crippen molar-refractivity contribution in [3.63, 3.8) is 0 Å². The summed E-state index contributed by atoms with van der Waals surface area (Å²) < 4.78 is 22.2. The SMILES string of the molecule is CC[C@H](C)[C@@H]([C@H](CC(=O)N1CCC[C@H]1[C@H](OC)[C@@H](C)C(=O)N[C@@H](Cc1ccccc1)C(=O)OC)OC)N(C)C(=O)[C@@H](Nc1nc(C)cc(C(=O)NCCNC(=O)OC(C)(C)C)n1)C(C)C. The zero-order valence-electron chi connectivity index (χ0n) is 40.7. The number of methoxy groups -OCH3 is 3. The van der Waals surface area contributed by atoms with Crippen LogP contribution in [0.25, 0.3) is 0 Å². The molecule has 5 amide bonds. The van der Waals surface area contributed by atoms with Crippen LogP contribution in [0.15, 0.2) is 36.4 Å². The van der Waals surface area contributed by atoms with Crippen LogP contribution in [0.2, 0.25) is 0 Å². The molecule has 362 valence electrons. The van der Waals surface area contributed by atoms with Gasteiger partial charge in [-0.05, 0) is 64.0 Å². The fraction of sp³-hybridized carbons (Fsp3) is 0.660. The number of alkyl carbamates (subject to hydrolysis) is 1. The highest BCUT2D eigenvalue weighted by Gasteiger charge is 2.43. The van der Waals surface area contributed by atoms with Crippen molar-refractivity contribution in [1.82, 2.24) is 35.7 Å². The molecule has 18 nitrogen and oxygen atoms in total. The van der Waals surface area contributed by atoms with Crippen molar-refractivity contribution in [2.45, 2.75) is 136 Å². The van der Waals surface area contributed by atoms with Crippen LogP contribution in [0.5, 0.6) is 0 Å². The van der Waals surface area contributed by atoms with E-state index in [-0.39, 0.29) is 61.2 Å². The molecule has 0 radical (unpaired) electrons. The number of rotatable bonds is 23. The second-order valence-electron chi connectivity index (χ2n) is 18.1. The number of hydrogen-bond acceptors (Lipinski definition) is 13. The van der Waals surface area contributed by atoms with E-state index in [0.717, 1.165) is 5.56 Å². The van der Waals surface area contributed by atoms with E-state index in [1.807, 2.05) is 58.0 Å². The molecule has 1 aromatic heterocycles. The topological polar surface area (TPSA) is 220 Å². The molecule has 18 heteroatoms. The lowest BCUT2D eigenvalue weighted by atomic mass is 9.89. The van der Waals surface area contributed by atoms with Crippen LogP contribution >= 0.6 is 0 Å². The molecule has 0 saturated carbocycles. The van der Waals surface area contributed by atoms with Gasteiger partial charge in [-0.3, -0.25) is 19.2 Å². The smallest absolute Gasteiger partial charge is 0.407 e. The maximum atomic E-state index is 14.5. The number of ether oxygens (including phenoxy) is 4. The molecular weight excluding hydrogens is 837 g/mol. The zero-order valence-corrected chi connectivity index (χ0v) is 40.7. The molecule has 1 aliphatic heterocycles. The predicted molar refractivity (Wildman–Crippen MR) is 246 cm³/mol. The average molecular weight is 911 g/mol. The number of nitrogens with one attached hydrogen (secondary N) is 4. The Balaban J connectivity index is 1.76. The van der Waals surface area contributed by atoms with Crippen LogP contribution in [0, 0.1) is 24.7 Å². The number of anilines is 1. The van der Waals surface area contributed by atoms with Crippen molar-refractivity contribution in [1.29, 1.82) is 0 Å². The van der Waals surface area contributed by atoms with Gasteiger partial charge in [-0.15, -0.1) is 0 Å². The summed E-state index contributed by atoms with van der Waals surface area (Å²) in [5.74, 6) is -2.90. The van der Waals surface area contributed by atoms with E-state index >= 15 is 0 Å². The fourth-order valence-electron chi connectivity index (χ4n) is 8.16. The number of amides is 5. The monoisotopic (exact) mass is 911 g/mol. The molecule has 1 aliphatic rings. The Labute approximate surface area is 385 Å². The molecule has 1 aromatic carbocycles. The molecule has 1 fully saturated rings. The Bertz CT molecular complexity index is 1890. The zero-order chi connectivity index (χ0) is 48.6. The van der Waals surface area contributed by atoms with Gasteiger partial charge in [0.05, 0.1) is 43.7 Å². The molecule has 1 saturated heterocycles. The number of hydrogen-bond donors (Lipinski definition) is 4. The maximum Gasteiger partial charge on any atom is 0.407 e. The fourth-order valence-corrected chi connectivity index (χ4v) is 8.16. The third-order valence-electron chi connectivity index (χ3n) is 11.7. The molecule has 4 N–H and O–H groups in total. The minimum Gasteiger partial charge on any atom is -0.467 e. The van der Waals surface area contributed by atoms with Crippen LogP contribution in [0.4, 0.5) is 10.7 Å². The summed E-state index contributed by atoms with van der Waals surface area (Å²) in [7, 11) is 6.03. The Hall–Kier alpha value is -5.36. The van der Waals surface area contributed by atoms with E-state index in [1.54, 1.807) is 51.5 Å². The number of aromatic nitrogens is 2. The third kappa shape index (κ3) is 15.9. The Morgan fingerprint density at radius 3 is 2.18 bits per heavy atom. The highest BCUT2D eigenvalue weighted by Crippen LogP contribution is 2.30. The summed E-state index contributed by atoms with van der Waals surface area (Å²) in [5.41, 5.74) is 0.782. The van der Waals surface area contributed by atoms with Gasteiger partial charge in [-0.2, -0.15) is 0 Å². The minimum atomic E-state index is -0.915. The lowest BCUT2D eigenvalue weighted by molar-refractivity contribution is -0.148. The predicted octanol–water partition coefficient (Wildman–Crippen LogP) is 4.30. The summed E-state index contributed by atoms with van der Waals surface area (Å²) >= 11 is 0. The molecule has 2 heterocycles. The molecule has 8 atom stereocenters. The highest BCUT2D eigenvalue weighted by atomic mass is 16.6. The van der Waals surface area contributed by atoms with Crippen LogP contribution in [-0.4, -0.2) is 145 Å². The Kier molecular flexibility index (Phi) is 21.1. The van der Waals surface area contributed by atoms with E-state index in [0.29, 0.717) is 31.5 Å². The standard InChI is InChI=1S/C47H74N8O10/c1-14-29(4)39(54(10)43(59)38(28(2)3)53-45-50-30(5)25-33(52-45)42(58)48-22-23-49-46(61)65-47(7,8)9)36(62-11)27-37(56)55-24-18-21-35(55)40(63-12)31(6)41(57)51-34(44(60)64-13)26-32-19-16-15-17-20-32/h15-17,19-20,25,28-29,31,34-36,38-40H,14,18,21-24,26-27H2,1-13H3,(H,48,58)(H,49,61)(H,51,57)(H,50,52,53)/t29-,31+,34-,35-,36-,38-,39-,40+/m0/s1. The molecule has 0 unspecified atom stereocenters. The van der Waals surface area contributed by atoms with Gasteiger partial charge in [-0.1, -0.05) is 71.4 Å². The van der Waals surface area contributed by atoms with Crippen molar-refractivity contribution in [3.05, 3.63) is 53.3 Å². The highest BCUT2D eigenvalue weighted by molar-refractivity contribution is 5.93. The van der Waals surface area contributed by atoms with Crippen molar-refractivity contribution in [3.8, 4) is 0 Å². The molecular formula is C47H74N8O10. The lowest BCUT2D eigenvalue weighted by Gasteiger charge is -2.40. The molecule has 0 aliphatic carbocycles. The van der Waals surface area contributed by atoms with Crippen molar-refractivity contribution in [2.24, 2.45) is 17.8 Å². The molecule has 0 spiro atoms. The summed E-state index contributed by atoms with van der Waals surface area (Å²) in [6.07, 6.45) is 0.228. The number of likely N-dealkylation sites (tertiary alicyclic amines) is 1. The molecule has 65 heavy (non-hydrogen) atoms. The second-order valence-corrected chi connectivity index (χ2v) is 18.1. The molecule has 2 aromatic rings. The summed E-state index contributed by atoms with van der Waals surface area (Å²) in [6.45, 7) is 17.2. The van der Waals surface area contributed by atoms with Gasteiger partial charge in [0.1, 0.15) is 23.4 Å². The van der Waals surface area contributed by atoms with E-state index in [1.165, 1.54) is 27.4 Å². The number of carbonyl (C=O) groups is 6. The number of esters is 1. The van der Waals surface area contributed by atoms with E-state index in [9.17, 15) is 28.8 Å². The first-order valence-corrected chi connectivity index (χ1v) is 22.6. The van der Waals surface area contributed by atoms with Gasteiger partial charge in [0, 0.05) is 53.0 Å². The van der Waals surface area contributed by atoms with Gasteiger partial charge < -0.3 is 50.0 Å². The van der Waals surface area contributed by atoms with Gasteiger partial charge in [-0.25, -0.2) is 19.6 Å². The van der Waals surface area contributed by atoms with Crippen LogP contribution < -0.4 is 21.3 Å². The van der Waals surface area contributed by atoms with E-state index in [2.05, 4.69) is 31.2 Å². The quantitative estimate of drug-likeness (QED) is 0.0905. The second kappa shape index (κ2) is 25.4. The summed E-state index contributed by atoms with van der Waals surface area (Å²) in [6, 6.07) is 8.18. The number of aryl methyl sites for hydroxylation is 1. The number of nitrogens with zero attached hydrogens (tertiary/aromatic N) is 4. The minimum absolute atomic E-state index is 0.0370. The van der Waals surface area contributed by atoms with Crippen molar-refractivity contribution < 1.29 is 47.7 Å². The van der Waals surface area contributed by atoms with Gasteiger partial charge in [0.2, 0.25) is 23.7 Å². The normalized spacial score (nSPS) is 17.1. The van der Waals surface area contributed by atoms with E-state index < -0.39 is 71.8 Å². The van der Waals surface area contributed by atoms with Crippen molar-refractivity contribution >= 4 is 41.6 Å². The first-order chi connectivity index (χ1) is 30.6. The van der Waals surface area contributed by atoms with Crippen molar-refractivity contribution in [2.75, 3.05) is 53.3 Å². The van der Waals surface area contributed by atoms with Gasteiger partial charge in [0.25, 0.3) is 5.91 Å². The van der Waals surface area contributed by atoms with Gasteiger partial charge >= 0.3 is 12.1 Å². The molecule has 0 bridgehead atoms. The first kappa shape index (κ1) is 54.0. The van der Waals surface area contributed by atoms with Crippen LogP contribution in [0.1, 0.15) is 103 Å². The third-order valence-corrected chi connectivity index (χ3v) is 11.7. The van der Waals surface area contributed by atoms with Crippen LogP contribution in [-0.2, 0) is 44.5 Å². The number of carbonyl (C=O) groups excluding carboxylic acids is 6. The lowest BCUT2D eigenvalue weighted by Crippen LogP contribution is -2.56. The largest absolute Gasteiger partial charge is 0.467 e. The van der Waals surface area contributed by atoms with Crippen LogP contribution in [0.3, 0.4) is 0 Å². The first-order valence-electron chi connectivity index (χ1n) is 22.6.